The second-order valence-electron chi connectivity index (χ2n) is 4.17. The average Bonchev–Trinajstić information content (AvgIpc) is 2.66. The quantitative estimate of drug-likeness (QED) is 0.376. The van der Waals surface area contributed by atoms with Crippen LogP contribution in [0.3, 0.4) is 0 Å². The maximum absolute atomic E-state index is 11.9. The summed E-state index contributed by atoms with van der Waals surface area (Å²) in [5.74, 6) is 0. The van der Waals surface area contributed by atoms with Gasteiger partial charge in [-0.15, -0.1) is 0 Å². The Morgan fingerprint density at radius 2 is 2.00 bits per heavy atom. The molecule has 5 unspecified atom stereocenters. The lowest BCUT2D eigenvalue weighted by atomic mass is 9.93. The molecule has 1 fully saturated rings. The van der Waals surface area contributed by atoms with Gasteiger partial charge >= 0.3 is 7.60 Å². The van der Waals surface area contributed by atoms with E-state index in [1.165, 1.54) is 13.8 Å². The molecule has 0 aromatic rings. The number of ether oxygens (including phenoxy) is 3. The Hall–Kier alpha value is 0.0549. The van der Waals surface area contributed by atoms with E-state index >= 15 is 0 Å². The van der Waals surface area contributed by atoms with Crippen molar-refractivity contribution in [2.45, 2.75) is 24.3 Å². The maximum atomic E-state index is 11.9. The zero-order valence-corrected chi connectivity index (χ0v) is 12.2. The monoisotopic (exact) mass is 294 g/mol. The smallest absolute Gasteiger partial charge is 0.327 e. The number of methoxy groups -OCH3 is 1. The van der Waals surface area contributed by atoms with Crippen LogP contribution in [0.5, 0.6) is 0 Å². The third-order valence-corrected chi connectivity index (χ3v) is 4.06. The summed E-state index contributed by atoms with van der Waals surface area (Å²) in [6, 6.07) is -0.768. The minimum atomic E-state index is -3.23. The van der Waals surface area contributed by atoms with Crippen LogP contribution in [0, 0.1) is 0 Å². The van der Waals surface area contributed by atoms with Crippen molar-refractivity contribution in [3.05, 3.63) is 0 Å². The van der Waals surface area contributed by atoms with Gasteiger partial charge in [-0.1, -0.05) is 0 Å². The van der Waals surface area contributed by atoms with Crippen LogP contribution in [-0.2, 0) is 27.8 Å². The maximum Gasteiger partial charge on any atom is 0.327 e. The van der Waals surface area contributed by atoms with E-state index in [0.29, 0.717) is 6.61 Å². The highest BCUT2D eigenvalue weighted by atomic mass is 31.2. The van der Waals surface area contributed by atoms with Crippen LogP contribution in [0.2, 0.25) is 0 Å². The lowest BCUT2D eigenvalue weighted by Crippen LogP contribution is -2.39. The van der Waals surface area contributed by atoms with E-state index in [0.717, 1.165) is 0 Å². The van der Waals surface area contributed by atoms with Crippen molar-refractivity contribution < 1.29 is 32.9 Å². The van der Waals surface area contributed by atoms with Crippen molar-refractivity contribution in [2.75, 3.05) is 40.7 Å². The topological polar surface area (TPSA) is 83.5 Å². The van der Waals surface area contributed by atoms with Gasteiger partial charge in [0.15, 0.2) is 0 Å². The molecule has 2 radical (unpaired) electrons. The van der Waals surface area contributed by atoms with Gasteiger partial charge in [0.1, 0.15) is 26.2 Å². The summed E-state index contributed by atoms with van der Waals surface area (Å²) in [5, 5.41) is 9.24. The molecule has 1 rings (SSSR count). The van der Waals surface area contributed by atoms with Crippen LogP contribution in [0.4, 0.5) is 0 Å². The average molecular weight is 294 g/mol. The van der Waals surface area contributed by atoms with Gasteiger partial charge in [-0.2, -0.15) is 0 Å². The number of aliphatic hydroxyl groups excluding tert-OH is 1. The molecule has 1 heterocycles. The molecule has 7 nitrogen and oxygen atoms in total. The number of hydrogen-bond donors (Lipinski definition) is 1. The Labute approximate surface area is 114 Å². The second kappa shape index (κ2) is 7.74. The van der Waals surface area contributed by atoms with Crippen molar-refractivity contribution in [1.82, 2.24) is 0 Å². The first kappa shape index (κ1) is 17.1. The predicted octanol–water partition coefficient (Wildman–Crippen LogP) is -0.242. The molecule has 0 amide bonds. The van der Waals surface area contributed by atoms with Crippen LogP contribution in [0.25, 0.3) is 0 Å². The summed E-state index contributed by atoms with van der Waals surface area (Å²) >= 11 is 0. The number of aliphatic hydroxyl groups is 1. The van der Waals surface area contributed by atoms with Crippen molar-refractivity contribution in [2.24, 2.45) is 0 Å². The van der Waals surface area contributed by atoms with Crippen LogP contribution < -0.4 is 0 Å². The molecule has 0 spiro atoms. The molecule has 110 valence electrons. The van der Waals surface area contributed by atoms with Crippen molar-refractivity contribution in [1.29, 1.82) is 0 Å². The predicted molar refractivity (Wildman–Crippen MR) is 68.5 cm³/mol. The molecule has 1 N–H and O–H groups in total. The SMILES string of the molecule is [B]C1OC(CO)C(OP(C)(=O)OC)C1OCCOC. The third-order valence-electron chi connectivity index (χ3n) is 2.77. The van der Waals surface area contributed by atoms with Gasteiger partial charge < -0.3 is 23.8 Å². The summed E-state index contributed by atoms with van der Waals surface area (Å²) < 4.78 is 37.7. The Morgan fingerprint density at radius 1 is 1.32 bits per heavy atom. The highest BCUT2D eigenvalue weighted by molar-refractivity contribution is 7.52. The van der Waals surface area contributed by atoms with Gasteiger partial charge in [-0.3, -0.25) is 9.09 Å². The van der Waals surface area contributed by atoms with Crippen molar-refractivity contribution in [3.8, 4) is 0 Å². The number of rotatable bonds is 8. The fourth-order valence-electron chi connectivity index (χ4n) is 1.75. The van der Waals surface area contributed by atoms with Gasteiger partial charge in [0.25, 0.3) is 0 Å². The van der Waals surface area contributed by atoms with E-state index in [1.54, 1.807) is 7.11 Å². The van der Waals surface area contributed by atoms with Crippen LogP contribution in [0.15, 0.2) is 0 Å². The van der Waals surface area contributed by atoms with Crippen LogP contribution in [-0.4, -0.2) is 78.0 Å². The van der Waals surface area contributed by atoms with Gasteiger partial charge in [-0.25, -0.2) is 0 Å². The zero-order valence-electron chi connectivity index (χ0n) is 11.4. The first-order valence-corrected chi connectivity index (χ1v) is 7.88. The molecule has 0 saturated carbocycles. The van der Waals surface area contributed by atoms with Gasteiger partial charge in [0.05, 0.1) is 19.8 Å². The molecule has 1 aliphatic rings. The van der Waals surface area contributed by atoms with Gasteiger partial charge in [0.2, 0.25) is 0 Å². The lowest BCUT2D eigenvalue weighted by Gasteiger charge is -2.25. The lowest BCUT2D eigenvalue weighted by molar-refractivity contribution is -0.0350. The fourth-order valence-corrected chi connectivity index (χ4v) is 2.54. The highest BCUT2D eigenvalue weighted by Crippen LogP contribution is 2.47. The number of hydrogen-bond acceptors (Lipinski definition) is 7. The molecule has 5 atom stereocenters. The summed E-state index contributed by atoms with van der Waals surface area (Å²) in [6.45, 7) is 1.69. The minimum Gasteiger partial charge on any atom is -0.394 e. The van der Waals surface area contributed by atoms with E-state index in [4.69, 9.17) is 31.1 Å². The van der Waals surface area contributed by atoms with Gasteiger partial charge in [0, 0.05) is 26.9 Å². The second-order valence-corrected chi connectivity index (χ2v) is 6.29. The third kappa shape index (κ3) is 4.83. The van der Waals surface area contributed by atoms with E-state index in [1.807, 2.05) is 0 Å². The molecular formula is C10H20BO7P. The first-order valence-electron chi connectivity index (χ1n) is 5.89. The van der Waals surface area contributed by atoms with Crippen molar-refractivity contribution >= 4 is 15.4 Å². The Bertz CT molecular complexity index is 316. The normalized spacial score (nSPS) is 34.3. The molecule has 9 heteroatoms. The molecule has 0 aromatic carbocycles. The largest absolute Gasteiger partial charge is 0.394 e. The molecule has 1 aliphatic heterocycles. The first-order chi connectivity index (χ1) is 8.95. The fraction of sp³-hybridized carbons (Fsp3) is 1.00. The van der Waals surface area contributed by atoms with E-state index in [-0.39, 0.29) is 13.2 Å². The molecule has 0 bridgehead atoms. The summed E-state index contributed by atoms with van der Waals surface area (Å²) in [5.41, 5.74) is 0. The van der Waals surface area contributed by atoms with Crippen LogP contribution >= 0.6 is 7.60 Å². The Kier molecular flexibility index (Phi) is 6.97. The van der Waals surface area contributed by atoms with Crippen molar-refractivity contribution in [3.63, 3.8) is 0 Å². The Morgan fingerprint density at radius 3 is 2.53 bits per heavy atom. The summed E-state index contributed by atoms with van der Waals surface area (Å²) in [6.07, 6.45) is -2.10. The summed E-state index contributed by atoms with van der Waals surface area (Å²) in [4.78, 5) is 0. The standard InChI is InChI=1S/C10H20BO7P/c1-14-4-5-16-9-8(18-19(3,13)15-2)7(6-12)17-10(9)11/h7-10,12H,4-6H2,1-3H3. The van der Waals surface area contributed by atoms with Gasteiger partial charge in [-0.05, 0) is 0 Å². The van der Waals surface area contributed by atoms with E-state index in [2.05, 4.69) is 0 Å². The molecular weight excluding hydrogens is 274 g/mol. The molecule has 0 aliphatic carbocycles. The highest BCUT2D eigenvalue weighted by Gasteiger charge is 2.45. The van der Waals surface area contributed by atoms with E-state index < -0.39 is 31.9 Å². The molecule has 19 heavy (non-hydrogen) atoms. The minimum absolute atomic E-state index is 0.289. The van der Waals surface area contributed by atoms with Crippen LogP contribution in [0.1, 0.15) is 0 Å². The molecule has 0 aromatic heterocycles. The zero-order chi connectivity index (χ0) is 14.5. The van der Waals surface area contributed by atoms with E-state index in [9.17, 15) is 9.67 Å². The summed E-state index contributed by atoms with van der Waals surface area (Å²) in [7, 11) is 5.36. The Balaban J connectivity index is 2.70. The molecule has 1 saturated heterocycles.